The first-order valence-electron chi connectivity index (χ1n) is 6.58. The maximum Gasteiger partial charge on any atom is 0.129 e. The zero-order valence-electron chi connectivity index (χ0n) is 12.1. The van der Waals surface area contributed by atoms with Crippen molar-refractivity contribution in [3.63, 3.8) is 0 Å². The van der Waals surface area contributed by atoms with Crippen LogP contribution in [0.15, 0.2) is 23.1 Å². The van der Waals surface area contributed by atoms with Gasteiger partial charge < -0.3 is 0 Å². The van der Waals surface area contributed by atoms with Gasteiger partial charge in [-0.15, -0.1) is 17.3 Å². The third-order valence-electron chi connectivity index (χ3n) is 3.28. The van der Waals surface area contributed by atoms with Crippen molar-refractivity contribution < 1.29 is 0 Å². The van der Waals surface area contributed by atoms with E-state index >= 15 is 0 Å². The van der Waals surface area contributed by atoms with Crippen LogP contribution >= 0.6 is 11.8 Å². The average Bonchev–Trinajstić information content (AvgIpc) is 2.25. The molecule has 0 spiro atoms. The summed E-state index contributed by atoms with van der Waals surface area (Å²) < 4.78 is 0. The summed E-state index contributed by atoms with van der Waals surface area (Å²) in [6.45, 7) is 11.6. The largest absolute Gasteiger partial charge is 0.129 e. The molecule has 2 rings (SSSR count). The van der Waals surface area contributed by atoms with Gasteiger partial charge in [-0.05, 0) is 35.3 Å². The lowest BCUT2D eigenvalue weighted by Gasteiger charge is -2.32. The van der Waals surface area contributed by atoms with E-state index in [1.165, 1.54) is 28.2 Å². The molecule has 0 radical (unpaired) electrons. The highest BCUT2D eigenvalue weighted by atomic mass is 32.2. The Morgan fingerprint density at radius 1 is 1.22 bits per heavy atom. The predicted octanol–water partition coefficient (Wildman–Crippen LogP) is 4.69. The maximum atomic E-state index is 3.45. The van der Waals surface area contributed by atoms with Gasteiger partial charge in [0.1, 0.15) is 8.07 Å². The molecule has 0 bridgehead atoms. The fourth-order valence-corrected chi connectivity index (χ4v) is 4.15. The molecule has 1 aliphatic heterocycles. The summed E-state index contributed by atoms with van der Waals surface area (Å²) in [5, 5.41) is 0. The molecule has 1 aliphatic rings. The molecule has 1 aromatic carbocycles. The van der Waals surface area contributed by atoms with Gasteiger partial charge >= 0.3 is 0 Å². The lowest BCUT2D eigenvalue weighted by molar-refractivity contribution is 0.494. The van der Waals surface area contributed by atoms with Crippen molar-refractivity contribution in [1.29, 1.82) is 0 Å². The van der Waals surface area contributed by atoms with Gasteiger partial charge in [0.25, 0.3) is 0 Å². The van der Waals surface area contributed by atoms with Gasteiger partial charge in [0, 0.05) is 10.5 Å². The van der Waals surface area contributed by atoms with Gasteiger partial charge in [0.2, 0.25) is 0 Å². The first-order chi connectivity index (χ1) is 8.28. The summed E-state index contributed by atoms with van der Waals surface area (Å²) >= 11 is 1.98. The third-order valence-corrected chi connectivity index (χ3v) is 5.21. The standard InChI is InChI=1S/C16H22SSi/c1-16(2)9-10-17-15-12-13(6-7-14(15)16)8-11-18(3,4)5/h6-7,12H,9-10H2,1-5H3. The van der Waals surface area contributed by atoms with Crippen molar-refractivity contribution >= 4 is 19.8 Å². The molecule has 0 aromatic heterocycles. The van der Waals surface area contributed by atoms with E-state index in [4.69, 9.17) is 0 Å². The second-order valence-corrected chi connectivity index (χ2v) is 12.6. The highest BCUT2D eigenvalue weighted by Crippen LogP contribution is 2.41. The molecule has 1 heterocycles. The Bertz CT molecular complexity index is 512. The smallest absolute Gasteiger partial charge is 0.127 e. The van der Waals surface area contributed by atoms with Crippen LogP contribution in [0.4, 0.5) is 0 Å². The second-order valence-electron chi connectivity index (χ2n) is 6.69. The minimum atomic E-state index is -1.27. The van der Waals surface area contributed by atoms with Crippen molar-refractivity contribution in [2.75, 3.05) is 5.75 Å². The van der Waals surface area contributed by atoms with E-state index in [0.717, 1.165) is 0 Å². The van der Waals surface area contributed by atoms with Crippen LogP contribution in [0.2, 0.25) is 19.6 Å². The minimum absolute atomic E-state index is 0.325. The zero-order chi connectivity index (χ0) is 13.4. The van der Waals surface area contributed by atoms with E-state index in [1.54, 1.807) is 0 Å². The van der Waals surface area contributed by atoms with Crippen LogP contribution < -0.4 is 0 Å². The molecule has 0 saturated carbocycles. The second kappa shape index (κ2) is 4.79. The maximum absolute atomic E-state index is 3.45. The van der Waals surface area contributed by atoms with Gasteiger partial charge in [-0.1, -0.05) is 45.5 Å². The predicted molar refractivity (Wildman–Crippen MR) is 85.0 cm³/mol. The summed E-state index contributed by atoms with van der Waals surface area (Å²) in [4.78, 5) is 1.44. The summed E-state index contributed by atoms with van der Waals surface area (Å²) in [6.07, 6.45) is 1.27. The summed E-state index contributed by atoms with van der Waals surface area (Å²) in [6, 6.07) is 6.77. The van der Waals surface area contributed by atoms with Gasteiger partial charge in [0.05, 0.1) is 0 Å². The Morgan fingerprint density at radius 2 is 1.94 bits per heavy atom. The molecule has 96 valence electrons. The molecule has 0 aliphatic carbocycles. The highest BCUT2D eigenvalue weighted by molar-refractivity contribution is 7.99. The van der Waals surface area contributed by atoms with Crippen molar-refractivity contribution in [3.05, 3.63) is 29.3 Å². The Morgan fingerprint density at radius 3 is 2.61 bits per heavy atom. The van der Waals surface area contributed by atoms with Crippen LogP contribution in [-0.2, 0) is 5.41 Å². The number of rotatable bonds is 0. The van der Waals surface area contributed by atoms with E-state index in [9.17, 15) is 0 Å². The van der Waals surface area contributed by atoms with Gasteiger partial charge in [-0.2, -0.15) is 0 Å². The summed E-state index contributed by atoms with van der Waals surface area (Å²) in [5.74, 6) is 4.59. The Labute approximate surface area is 117 Å². The van der Waals surface area contributed by atoms with Crippen LogP contribution in [0.25, 0.3) is 0 Å². The van der Waals surface area contributed by atoms with Crippen LogP contribution in [0, 0.1) is 11.5 Å². The lowest BCUT2D eigenvalue weighted by atomic mass is 9.81. The highest BCUT2D eigenvalue weighted by Gasteiger charge is 2.27. The van der Waals surface area contributed by atoms with E-state index in [0.29, 0.717) is 5.41 Å². The van der Waals surface area contributed by atoms with Crippen LogP contribution in [0.5, 0.6) is 0 Å². The fourth-order valence-electron chi connectivity index (χ4n) is 2.09. The first kappa shape index (κ1) is 13.8. The quantitative estimate of drug-likeness (QED) is 0.488. The minimum Gasteiger partial charge on any atom is -0.127 e. The molecule has 0 atom stereocenters. The van der Waals surface area contributed by atoms with Crippen molar-refractivity contribution in [2.24, 2.45) is 0 Å². The van der Waals surface area contributed by atoms with E-state index in [-0.39, 0.29) is 0 Å². The molecule has 2 heteroatoms. The molecule has 0 amide bonds. The monoisotopic (exact) mass is 274 g/mol. The van der Waals surface area contributed by atoms with E-state index in [1.807, 2.05) is 11.8 Å². The number of hydrogen-bond donors (Lipinski definition) is 0. The summed E-state index contributed by atoms with van der Waals surface area (Å²) in [7, 11) is -1.27. The molecular formula is C16H22SSi. The lowest BCUT2D eigenvalue weighted by Crippen LogP contribution is -2.22. The van der Waals surface area contributed by atoms with Crippen molar-refractivity contribution in [1.82, 2.24) is 0 Å². The number of hydrogen-bond acceptors (Lipinski definition) is 1. The van der Waals surface area contributed by atoms with Crippen molar-refractivity contribution in [2.45, 2.75) is 50.2 Å². The van der Waals surface area contributed by atoms with E-state index in [2.05, 4.69) is 63.2 Å². The van der Waals surface area contributed by atoms with Gasteiger partial charge in [0.15, 0.2) is 0 Å². The zero-order valence-corrected chi connectivity index (χ0v) is 13.9. The average molecular weight is 275 g/mol. The first-order valence-corrected chi connectivity index (χ1v) is 11.1. The fraction of sp³-hybridized carbons (Fsp3) is 0.500. The molecule has 0 unspecified atom stereocenters. The molecule has 18 heavy (non-hydrogen) atoms. The number of fused-ring (bicyclic) bond motifs is 1. The molecule has 1 aromatic rings. The number of thioether (sulfide) groups is 1. The Kier molecular flexibility index (Phi) is 3.67. The number of benzene rings is 1. The molecule has 0 fully saturated rings. The topological polar surface area (TPSA) is 0 Å². The van der Waals surface area contributed by atoms with Gasteiger partial charge in [-0.3, -0.25) is 0 Å². The van der Waals surface area contributed by atoms with Crippen LogP contribution in [0.3, 0.4) is 0 Å². The van der Waals surface area contributed by atoms with Crippen LogP contribution in [0.1, 0.15) is 31.4 Å². The Balaban J connectivity index is 2.36. The normalized spacial score (nSPS) is 17.6. The Hall–Kier alpha value is -0.653. The molecular weight excluding hydrogens is 252 g/mol. The molecule has 0 nitrogen and oxygen atoms in total. The van der Waals surface area contributed by atoms with E-state index < -0.39 is 8.07 Å². The van der Waals surface area contributed by atoms with Crippen molar-refractivity contribution in [3.8, 4) is 11.5 Å². The third kappa shape index (κ3) is 3.21. The van der Waals surface area contributed by atoms with Crippen LogP contribution in [-0.4, -0.2) is 13.8 Å². The summed E-state index contributed by atoms with van der Waals surface area (Å²) in [5.41, 5.74) is 6.45. The molecule has 0 N–H and O–H groups in total. The molecule has 0 saturated heterocycles. The van der Waals surface area contributed by atoms with Gasteiger partial charge in [-0.25, -0.2) is 0 Å². The SMILES string of the molecule is CC1(C)CCSc2cc(C#C[Si](C)(C)C)ccc21.